The van der Waals surface area contributed by atoms with E-state index in [1.165, 1.54) is 11.1 Å². The highest BCUT2D eigenvalue weighted by molar-refractivity contribution is 5.96. The van der Waals surface area contributed by atoms with Gasteiger partial charge < -0.3 is 10.2 Å². The number of benzene rings is 2. The van der Waals surface area contributed by atoms with Gasteiger partial charge in [-0.05, 0) is 29.2 Å². The Morgan fingerprint density at radius 3 is 2.18 bits per heavy atom. The minimum atomic E-state index is -0.211. The molecule has 1 saturated heterocycles. The van der Waals surface area contributed by atoms with E-state index in [4.69, 9.17) is 0 Å². The molecule has 0 bridgehead atoms. The van der Waals surface area contributed by atoms with E-state index in [2.05, 4.69) is 48.3 Å². The van der Waals surface area contributed by atoms with Gasteiger partial charge in [-0.25, -0.2) is 0 Å². The molecule has 1 heterocycles. The minimum Gasteiger partial charge on any atom is -0.343 e. The highest BCUT2D eigenvalue weighted by Crippen LogP contribution is 2.16. The quantitative estimate of drug-likeness (QED) is 0.840. The lowest BCUT2D eigenvalue weighted by molar-refractivity contribution is -0.131. The molecule has 0 aromatic heterocycles. The number of nitrogens with zero attached hydrogens (tertiary/aromatic N) is 2. The summed E-state index contributed by atoms with van der Waals surface area (Å²) in [6, 6.07) is 17.8. The van der Waals surface area contributed by atoms with Crippen molar-refractivity contribution < 1.29 is 9.59 Å². The number of piperazine rings is 1. The van der Waals surface area contributed by atoms with Crippen LogP contribution in [0.4, 0.5) is 0 Å². The van der Waals surface area contributed by atoms with Crippen molar-refractivity contribution >= 4 is 11.8 Å². The highest BCUT2D eigenvalue weighted by Gasteiger charge is 2.21. The molecule has 1 N–H and O–H groups in total. The van der Waals surface area contributed by atoms with E-state index in [9.17, 15) is 9.59 Å². The summed E-state index contributed by atoms with van der Waals surface area (Å²) < 4.78 is 0. The van der Waals surface area contributed by atoms with Crippen molar-refractivity contribution in [1.29, 1.82) is 0 Å². The van der Waals surface area contributed by atoms with Gasteiger partial charge in [-0.1, -0.05) is 56.3 Å². The summed E-state index contributed by atoms with van der Waals surface area (Å²) in [5.74, 6) is 0.314. The standard InChI is InChI=1S/C23H29N3O2/c1-18(2)20-10-8-19(9-11-20)17-25-12-14-26(15-13-25)22(27)16-24-23(28)21-6-4-3-5-7-21/h3-11,18H,12-17H2,1-2H3,(H,24,28). The van der Waals surface area contributed by atoms with Crippen LogP contribution in [0.3, 0.4) is 0 Å². The number of rotatable bonds is 6. The van der Waals surface area contributed by atoms with Gasteiger partial charge >= 0.3 is 0 Å². The molecule has 1 aliphatic rings. The zero-order valence-corrected chi connectivity index (χ0v) is 16.7. The Morgan fingerprint density at radius 1 is 0.929 bits per heavy atom. The van der Waals surface area contributed by atoms with Gasteiger partial charge in [0.2, 0.25) is 5.91 Å². The smallest absolute Gasteiger partial charge is 0.251 e. The van der Waals surface area contributed by atoms with E-state index in [1.807, 2.05) is 23.1 Å². The zero-order valence-electron chi connectivity index (χ0n) is 16.7. The number of carbonyl (C=O) groups is 2. The van der Waals surface area contributed by atoms with Gasteiger partial charge in [0.15, 0.2) is 0 Å². The van der Waals surface area contributed by atoms with Crippen LogP contribution in [0, 0.1) is 0 Å². The summed E-state index contributed by atoms with van der Waals surface area (Å²) in [4.78, 5) is 28.7. The summed E-state index contributed by atoms with van der Waals surface area (Å²) >= 11 is 0. The molecule has 148 valence electrons. The lowest BCUT2D eigenvalue weighted by Gasteiger charge is -2.34. The van der Waals surface area contributed by atoms with Crippen LogP contribution in [0.15, 0.2) is 54.6 Å². The molecule has 2 aromatic rings. The third-order valence-electron chi connectivity index (χ3n) is 5.21. The first-order valence-corrected chi connectivity index (χ1v) is 9.95. The Kier molecular flexibility index (Phi) is 6.82. The van der Waals surface area contributed by atoms with Crippen LogP contribution in [0.5, 0.6) is 0 Å². The molecular weight excluding hydrogens is 350 g/mol. The Balaban J connectivity index is 1.42. The minimum absolute atomic E-state index is 0.0229. The van der Waals surface area contributed by atoms with E-state index >= 15 is 0 Å². The molecule has 2 amide bonds. The van der Waals surface area contributed by atoms with Crippen LogP contribution >= 0.6 is 0 Å². The maximum Gasteiger partial charge on any atom is 0.251 e. The van der Waals surface area contributed by atoms with Crippen molar-refractivity contribution in [3.8, 4) is 0 Å². The Hall–Kier alpha value is -2.66. The normalized spacial score (nSPS) is 14.9. The molecule has 5 nitrogen and oxygen atoms in total. The van der Waals surface area contributed by atoms with Crippen LogP contribution in [0.1, 0.15) is 41.3 Å². The predicted molar refractivity (Wildman–Crippen MR) is 111 cm³/mol. The second kappa shape index (κ2) is 9.51. The van der Waals surface area contributed by atoms with E-state index in [1.54, 1.807) is 12.1 Å². The highest BCUT2D eigenvalue weighted by atomic mass is 16.2. The van der Waals surface area contributed by atoms with Crippen molar-refractivity contribution in [3.05, 3.63) is 71.3 Å². The maximum absolute atomic E-state index is 12.4. The van der Waals surface area contributed by atoms with E-state index in [-0.39, 0.29) is 18.4 Å². The molecular formula is C23H29N3O2. The molecule has 0 unspecified atom stereocenters. The number of nitrogens with one attached hydrogen (secondary N) is 1. The monoisotopic (exact) mass is 379 g/mol. The SMILES string of the molecule is CC(C)c1ccc(CN2CCN(C(=O)CNC(=O)c3ccccc3)CC2)cc1. The molecule has 0 spiro atoms. The average molecular weight is 380 g/mol. The molecule has 0 aliphatic carbocycles. The molecule has 3 rings (SSSR count). The lowest BCUT2D eigenvalue weighted by Crippen LogP contribution is -2.50. The van der Waals surface area contributed by atoms with Crippen LogP contribution in [0.25, 0.3) is 0 Å². The summed E-state index contributed by atoms with van der Waals surface area (Å²) in [6.07, 6.45) is 0. The van der Waals surface area contributed by atoms with Crippen molar-refractivity contribution in [2.45, 2.75) is 26.3 Å². The summed E-state index contributed by atoms with van der Waals surface area (Å²) in [5.41, 5.74) is 3.24. The fourth-order valence-electron chi connectivity index (χ4n) is 3.38. The third kappa shape index (κ3) is 5.42. The van der Waals surface area contributed by atoms with Gasteiger partial charge in [0.1, 0.15) is 0 Å². The molecule has 0 radical (unpaired) electrons. The first kappa shape index (κ1) is 20.1. The molecule has 5 heteroatoms. The summed E-state index contributed by atoms with van der Waals surface area (Å²) in [7, 11) is 0. The van der Waals surface area contributed by atoms with Crippen molar-refractivity contribution in [2.24, 2.45) is 0 Å². The van der Waals surface area contributed by atoms with Gasteiger partial charge in [0.25, 0.3) is 5.91 Å². The second-order valence-corrected chi connectivity index (χ2v) is 7.60. The van der Waals surface area contributed by atoms with E-state index in [0.717, 1.165) is 19.6 Å². The summed E-state index contributed by atoms with van der Waals surface area (Å²) in [6.45, 7) is 8.46. The molecule has 0 saturated carbocycles. The van der Waals surface area contributed by atoms with Gasteiger partial charge in [-0.15, -0.1) is 0 Å². The Labute approximate surface area is 167 Å². The number of hydrogen-bond acceptors (Lipinski definition) is 3. The fraction of sp³-hybridized carbons (Fsp3) is 0.391. The van der Waals surface area contributed by atoms with E-state index in [0.29, 0.717) is 24.6 Å². The molecule has 2 aromatic carbocycles. The van der Waals surface area contributed by atoms with Gasteiger partial charge in [0.05, 0.1) is 6.54 Å². The van der Waals surface area contributed by atoms with Crippen LogP contribution in [0.2, 0.25) is 0 Å². The van der Waals surface area contributed by atoms with Gasteiger partial charge in [-0.3, -0.25) is 14.5 Å². The fourth-order valence-corrected chi connectivity index (χ4v) is 3.38. The van der Waals surface area contributed by atoms with Crippen molar-refractivity contribution in [2.75, 3.05) is 32.7 Å². The number of carbonyl (C=O) groups excluding carboxylic acids is 2. The predicted octanol–water partition coefficient (Wildman–Crippen LogP) is 2.88. The van der Waals surface area contributed by atoms with Gasteiger partial charge in [-0.2, -0.15) is 0 Å². The first-order chi connectivity index (χ1) is 13.5. The van der Waals surface area contributed by atoms with Crippen molar-refractivity contribution in [3.63, 3.8) is 0 Å². The largest absolute Gasteiger partial charge is 0.343 e. The Bertz CT molecular complexity index is 779. The number of amides is 2. The Morgan fingerprint density at radius 2 is 1.57 bits per heavy atom. The molecule has 28 heavy (non-hydrogen) atoms. The van der Waals surface area contributed by atoms with Crippen LogP contribution in [-0.4, -0.2) is 54.3 Å². The first-order valence-electron chi connectivity index (χ1n) is 9.95. The average Bonchev–Trinajstić information content (AvgIpc) is 2.73. The van der Waals surface area contributed by atoms with E-state index < -0.39 is 0 Å². The maximum atomic E-state index is 12.4. The van der Waals surface area contributed by atoms with Crippen molar-refractivity contribution in [1.82, 2.24) is 15.1 Å². The number of hydrogen-bond donors (Lipinski definition) is 1. The molecule has 0 atom stereocenters. The topological polar surface area (TPSA) is 52.6 Å². The van der Waals surface area contributed by atoms with Crippen LogP contribution in [-0.2, 0) is 11.3 Å². The summed E-state index contributed by atoms with van der Waals surface area (Å²) in [5, 5.41) is 2.72. The van der Waals surface area contributed by atoms with Crippen LogP contribution < -0.4 is 5.32 Å². The third-order valence-corrected chi connectivity index (χ3v) is 5.21. The lowest BCUT2D eigenvalue weighted by atomic mass is 10.0. The molecule has 1 aliphatic heterocycles. The van der Waals surface area contributed by atoms with Gasteiger partial charge in [0, 0.05) is 38.3 Å². The molecule has 1 fully saturated rings. The second-order valence-electron chi connectivity index (χ2n) is 7.60. The zero-order chi connectivity index (χ0) is 19.9.